The third-order valence-electron chi connectivity index (χ3n) is 6.07. The van der Waals surface area contributed by atoms with E-state index >= 15 is 0 Å². The molecule has 4 heterocycles. The van der Waals surface area contributed by atoms with Crippen molar-refractivity contribution in [2.45, 2.75) is 18.9 Å². The van der Waals surface area contributed by atoms with Crippen LogP contribution in [-0.2, 0) is 11.8 Å². The standard InChI is InChI=1S/C24H25FN6O4/c1-29-15-16(14-27-29)22-13-19(4-7-26-22)35-18-2-3-21(20(25)12-18)28-23(32)31-9-8-30(24(31)33)17-5-10-34-11-6-17/h2-4,7,12-15,17H,5-6,8-11H2,1H3,(H,28,32). The second-order valence-corrected chi connectivity index (χ2v) is 8.42. The highest BCUT2D eigenvalue weighted by Crippen LogP contribution is 2.28. The number of hydrogen-bond donors (Lipinski definition) is 1. The third-order valence-corrected chi connectivity index (χ3v) is 6.07. The molecule has 0 bridgehead atoms. The number of amides is 4. The van der Waals surface area contributed by atoms with Crippen LogP contribution in [0.2, 0.25) is 0 Å². The van der Waals surface area contributed by atoms with E-state index < -0.39 is 11.8 Å². The average molecular weight is 481 g/mol. The van der Waals surface area contributed by atoms with Crippen LogP contribution in [0.4, 0.5) is 19.7 Å². The highest BCUT2D eigenvalue weighted by atomic mass is 19.1. The molecule has 0 unspecified atom stereocenters. The van der Waals surface area contributed by atoms with Gasteiger partial charge in [0.1, 0.15) is 17.3 Å². The van der Waals surface area contributed by atoms with Crippen molar-refractivity contribution >= 4 is 17.7 Å². The topological polar surface area (TPSA) is 102 Å². The minimum atomic E-state index is -0.676. The molecule has 11 heteroatoms. The maximum Gasteiger partial charge on any atom is 0.330 e. The van der Waals surface area contributed by atoms with E-state index in [4.69, 9.17) is 9.47 Å². The fourth-order valence-electron chi connectivity index (χ4n) is 4.24. The number of aryl methyl sites for hydroxylation is 1. The van der Waals surface area contributed by atoms with Gasteiger partial charge in [0.2, 0.25) is 0 Å². The largest absolute Gasteiger partial charge is 0.457 e. The molecule has 35 heavy (non-hydrogen) atoms. The number of carbonyl (C=O) groups excluding carboxylic acids is 2. The van der Waals surface area contributed by atoms with Crippen LogP contribution >= 0.6 is 0 Å². The van der Waals surface area contributed by atoms with Crippen LogP contribution in [0.3, 0.4) is 0 Å². The highest BCUT2D eigenvalue weighted by Gasteiger charge is 2.37. The van der Waals surface area contributed by atoms with Crippen LogP contribution in [0.1, 0.15) is 12.8 Å². The van der Waals surface area contributed by atoms with Gasteiger partial charge in [0.25, 0.3) is 0 Å². The summed E-state index contributed by atoms with van der Waals surface area (Å²) in [6, 6.07) is 6.56. The number of aromatic nitrogens is 3. The summed E-state index contributed by atoms with van der Waals surface area (Å²) in [7, 11) is 1.81. The Labute approximate surface area is 201 Å². The molecule has 4 amide bonds. The Morgan fingerprint density at radius 3 is 2.71 bits per heavy atom. The molecule has 0 spiro atoms. The number of rotatable bonds is 5. The molecular weight excluding hydrogens is 455 g/mol. The number of hydrogen-bond acceptors (Lipinski definition) is 6. The summed E-state index contributed by atoms with van der Waals surface area (Å²) < 4.78 is 27.6. The van der Waals surface area contributed by atoms with Crippen molar-refractivity contribution in [1.29, 1.82) is 0 Å². The monoisotopic (exact) mass is 480 g/mol. The molecule has 0 radical (unpaired) electrons. The van der Waals surface area contributed by atoms with Crippen molar-refractivity contribution in [3.05, 3.63) is 54.7 Å². The SMILES string of the molecule is Cn1cc(-c2cc(Oc3ccc(NC(=O)N4CCN(C5CCOCC5)C4=O)c(F)c3)ccn2)cn1. The van der Waals surface area contributed by atoms with E-state index in [0.717, 1.165) is 23.3 Å². The van der Waals surface area contributed by atoms with Crippen molar-refractivity contribution in [2.24, 2.45) is 7.05 Å². The van der Waals surface area contributed by atoms with Crippen LogP contribution in [-0.4, -0.2) is 69.0 Å². The minimum Gasteiger partial charge on any atom is -0.457 e. The molecule has 182 valence electrons. The molecule has 10 nitrogen and oxygen atoms in total. The van der Waals surface area contributed by atoms with Gasteiger partial charge in [-0.1, -0.05) is 0 Å². The van der Waals surface area contributed by atoms with E-state index in [1.807, 2.05) is 13.2 Å². The summed E-state index contributed by atoms with van der Waals surface area (Å²) in [4.78, 5) is 32.5. The first-order chi connectivity index (χ1) is 17.0. The van der Waals surface area contributed by atoms with Gasteiger partial charge in [0, 0.05) is 69.5 Å². The zero-order valence-electron chi connectivity index (χ0n) is 19.2. The van der Waals surface area contributed by atoms with Crippen LogP contribution in [0, 0.1) is 5.82 Å². The van der Waals surface area contributed by atoms with Crippen molar-refractivity contribution in [2.75, 3.05) is 31.6 Å². The fraction of sp³-hybridized carbons (Fsp3) is 0.333. The molecule has 2 aliphatic rings. The molecule has 2 saturated heterocycles. The Morgan fingerprint density at radius 2 is 1.97 bits per heavy atom. The molecule has 0 atom stereocenters. The Kier molecular flexibility index (Phi) is 6.32. The summed E-state index contributed by atoms with van der Waals surface area (Å²) in [6.45, 7) is 1.92. The number of nitrogens with zero attached hydrogens (tertiary/aromatic N) is 5. The molecular formula is C24H25FN6O4. The van der Waals surface area contributed by atoms with E-state index in [1.54, 1.807) is 40.2 Å². The number of anilines is 1. The van der Waals surface area contributed by atoms with Crippen molar-refractivity contribution < 1.29 is 23.5 Å². The van der Waals surface area contributed by atoms with E-state index in [1.165, 1.54) is 12.1 Å². The number of urea groups is 2. The van der Waals surface area contributed by atoms with E-state index in [2.05, 4.69) is 15.4 Å². The maximum atomic E-state index is 14.8. The van der Waals surface area contributed by atoms with Crippen molar-refractivity contribution in [1.82, 2.24) is 24.6 Å². The summed E-state index contributed by atoms with van der Waals surface area (Å²) in [5, 5.41) is 6.63. The van der Waals surface area contributed by atoms with Gasteiger partial charge in [0.05, 0.1) is 17.6 Å². The number of imide groups is 1. The first-order valence-corrected chi connectivity index (χ1v) is 11.4. The van der Waals surface area contributed by atoms with E-state index in [-0.39, 0.29) is 30.1 Å². The predicted molar refractivity (Wildman–Crippen MR) is 125 cm³/mol. The third kappa shape index (κ3) is 4.94. The number of ether oxygens (including phenoxy) is 2. The predicted octanol–water partition coefficient (Wildman–Crippen LogP) is 3.86. The smallest absolute Gasteiger partial charge is 0.330 e. The Morgan fingerprint density at radius 1 is 1.17 bits per heavy atom. The number of pyridine rings is 1. The van der Waals surface area contributed by atoms with Gasteiger partial charge in [-0.15, -0.1) is 0 Å². The number of nitrogens with one attached hydrogen (secondary N) is 1. The van der Waals surface area contributed by atoms with Crippen LogP contribution in [0.25, 0.3) is 11.3 Å². The summed E-state index contributed by atoms with van der Waals surface area (Å²) >= 11 is 0. The molecule has 2 aromatic heterocycles. The van der Waals surface area contributed by atoms with Gasteiger partial charge < -0.3 is 19.7 Å². The van der Waals surface area contributed by atoms with Gasteiger partial charge in [0.15, 0.2) is 0 Å². The lowest BCUT2D eigenvalue weighted by molar-refractivity contribution is 0.0510. The van der Waals surface area contributed by atoms with E-state index in [0.29, 0.717) is 31.2 Å². The van der Waals surface area contributed by atoms with Crippen LogP contribution < -0.4 is 10.1 Å². The Balaban J connectivity index is 1.23. The first kappa shape index (κ1) is 22.8. The van der Waals surface area contributed by atoms with Crippen LogP contribution in [0.15, 0.2) is 48.9 Å². The van der Waals surface area contributed by atoms with Crippen molar-refractivity contribution in [3.63, 3.8) is 0 Å². The number of carbonyl (C=O) groups is 2. The normalized spacial score (nSPS) is 16.6. The molecule has 1 N–H and O–H groups in total. The zero-order chi connectivity index (χ0) is 24.4. The minimum absolute atomic E-state index is 0.0366. The first-order valence-electron chi connectivity index (χ1n) is 11.4. The molecule has 2 fully saturated rings. The lowest BCUT2D eigenvalue weighted by Crippen LogP contribution is -2.44. The van der Waals surface area contributed by atoms with Gasteiger partial charge in [-0.05, 0) is 31.0 Å². The molecule has 3 aromatic rings. The Hall–Kier alpha value is -3.99. The summed E-state index contributed by atoms with van der Waals surface area (Å²) in [6.07, 6.45) is 6.62. The molecule has 0 saturated carbocycles. The average Bonchev–Trinajstić information content (AvgIpc) is 3.47. The zero-order valence-corrected chi connectivity index (χ0v) is 19.2. The molecule has 1 aromatic carbocycles. The van der Waals surface area contributed by atoms with Crippen molar-refractivity contribution in [3.8, 4) is 22.8 Å². The molecule has 2 aliphatic heterocycles. The fourth-order valence-corrected chi connectivity index (χ4v) is 4.24. The second kappa shape index (κ2) is 9.71. The maximum absolute atomic E-state index is 14.8. The highest BCUT2D eigenvalue weighted by molar-refractivity contribution is 6.01. The quantitative estimate of drug-likeness (QED) is 0.595. The second-order valence-electron chi connectivity index (χ2n) is 8.42. The number of halogens is 1. The lowest BCUT2D eigenvalue weighted by Gasteiger charge is -2.30. The lowest BCUT2D eigenvalue weighted by atomic mass is 10.1. The van der Waals surface area contributed by atoms with Gasteiger partial charge in [-0.2, -0.15) is 5.10 Å². The van der Waals surface area contributed by atoms with Gasteiger partial charge >= 0.3 is 12.1 Å². The number of benzene rings is 1. The van der Waals surface area contributed by atoms with E-state index in [9.17, 15) is 14.0 Å². The Bertz CT molecular complexity index is 1240. The molecule has 5 rings (SSSR count). The van der Waals surface area contributed by atoms with Crippen LogP contribution in [0.5, 0.6) is 11.5 Å². The summed E-state index contributed by atoms with van der Waals surface area (Å²) in [5.74, 6) is 0.0583. The molecule has 0 aliphatic carbocycles. The van der Waals surface area contributed by atoms with Gasteiger partial charge in [-0.3, -0.25) is 9.67 Å². The van der Waals surface area contributed by atoms with Gasteiger partial charge in [-0.25, -0.2) is 18.9 Å². The summed E-state index contributed by atoms with van der Waals surface area (Å²) in [5.41, 5.74) is 1.46.